The van der Waals surface area contributed by atoms with Crippen LogP contribution >= 0.6 is 0 Å². The molecule has 1 aliphatic rings. The molecule has 0 radical (unpaired) electrons. The summed E-state index contributed by atoms with van der Waals surface area (Å²) in [5, 5.41) is 2.94. The summed E-state index contributed by atoms with van der Waals surface area (Å²) in [6, 6.07) is 1.96. The first-order valence-electron chi connectivity index (χ1n) is 7.69. The van der Waals surface area contributed by atoms with Crippen LogP contribution in [-0.4, -0.2) is 30.5 Å². The van der Waals surface area contributed by atoms with Crippen LogP contribution in [0.5, 0.6) is 0 Å². The van der Waals surface area contributed by atoms with Gasteiger partial charge in [0.15, 0.2) is 0 Å². The molecule has 1 aromatic rings. The molecule has 4 nitrogen and oxygen atoms in total. The van der Waals surface area contributed by atoms with Gasteiger partial charge >= 0.3 is 0 Å². The van der Waals surface area contributed by atoms with Gasteiger partial charge in [-0.3, -0.25) is 9.78 Å². The number of carbonyl (C=O) groups is 1. The Hall–Kier alpha value is -1.58. The Morgan fingerprint density at radius 1 is 1.40 bits per heavy atom. The van der Waals surface area contributed by atoms with E-state index in [9.17, 15) is 4.79 Å². The van der Waals surface area contributed by atoms with Gasteiger partial charge in [0, 0.05) is 25.8 Å². The minimum absolute atomic E-state index is 0.0156. The Balaban J connectivity index is 1.98. The molecule has 0 aliphatic carbocycles. The number of aromatic nitrogens is 1. The van der Waals surface area contributed by atoms with E-state index in [1.165, 1.54) is 12.8 Å². The van der Waals surface area contributed by atoms with Gasteiger partial charge in [-0.1, -0.05) is 20.3 Å². The highest BCUT2D eigenvalue weighted by Gasteiger charge is 2.17. The smallest absolute Gasteiger partial charge is 0.252 e. The van der Waals surface area contributed by atoms with E-state index in [4.69, 9.17) is 0 Å². The second-order valence-corrected chi connectivity index (χ2v) is 5.71. The number of piperidine rings is 1. The largest absolute Gasteiger partial charge is 0.370 e. The van der Waals surface area contributed by atoms with Crippen molar-refractivity contribution < 1.29 is 4.79 Å². The first-order valence-corrected chi connectivity index (χ1v) is 7.69. The van der Waals surface area contributed by atoms with E-state index in [1.807, 2.05) is 12.3 Å². The lowest BCUT2D eigenvalue weighted by Crippen LogP contribution is -2.33. The van der Waals surface area contributed by atoms with Crippen LogP contribution in [-0.2, 0) is 0 Å². The molecule has 0 saturated carbocycles. The minimum atomic E-state index is -0.0156. The average molecular weight is 275 g/mol. The third-order valence-electron chi connectivity index (χ3n) is 3.95. The number of hydrogen-bond acceptors (Lipinski definition) is 3. The highest BCUT2D eigenvalue weighted by Crippen LogP contribution is 2.22. The molecule has 0 bridgehead atoms. The van der Waals surface area contributed by atoms with Crippen molar-refractivity contribution in [2.45, 2.75) is 39.5 Å². The number of amides is 1. The predicted molar refractivity (Wildman–Crippen MR) is 82.1 cm³/mol. The molecule has 0 spiro atoms. The average Bonchev–Trinajstić information content (AvgIpc) is 2.48. The fourth-order valence-electron chi connectivity index (χ4n) is 2.47. The van der Waals surface area contributed by atoms with E-state index in [0.717, 1.165) is 44.1 Å². The van der Waals surface area contributed by atoms with E-state index in [-0.39, 0.29) is 5.91 Å². The number of nitrogens with zero attached hydrogens (tertiary/aromatic N) is 2. The third kappa shape index (κ3) is 3.95. The van der Waals surface area contributed by atoms with Crippen molar-refractivity contribution in [3.8, 4) is 0 Å². The molecule has 0 atom stereocenters. The molecular weight excluding hydrogens is 250 g/mol. The Labute approximate surface area is 121 Å². The van der Waals surface area contributed by atoms with Crippen LogP contribution in [0.25, 0.3) is 0 Å². The van der Waals surface area contributed by atoms with Gasteiger partial charge in [-0.2, -0.15) is 0 Å². The van der Waals surface area contributed by atoms with Crippen LogP contribution < -0.4 is 10.2 Å². The first kappa shape index (κ1) is 14.8. The molecule has 0 aromatic carbocycles. The van der Waals surface area contributed by atoms with Crippen molar-refractivity contribution in [3.05, 3.63) is 24.0 Å². The maximum absolute atomic E-state index is 12.0. The summed E-state index contributed by atoms with van der Waals surface area (Å²) in [5.41, 5.74) is 1.73. The van der Waals surface area contributed by atoms with Crippen molar-refractivity contribution in [3.63, 3.8) is 0 Å². The second-order valence-electron chi connectivity index (χ2n) is 5.71. The topological polar surface area (TPSA) is 45.2 Å². The van der Waals surface area contributed by atoms with Crippen LogP contribution in [0.2, 0.25) is 0 Å². The monoisotopic (exact) mass is 275 g/mol. The minimum Gasteiger partial charge on any atom is -0.370 e. The van der Waals surface area contributed by atoms with Crippen LogP contribution in [0.3, 0.4) is 0 Å². The zero-order valence-corrected chi connectivity index (χ0v) is 12.6. The van der Waals surface area contributed by atoms with Crippen LogP contribution in [0.1, 0.15) is 49.9 Å². The molecule has 1 aliphatic heterocycles. The number of pyridine rings is 1. The van der Waals surface area contributed by atoms with E-state index in [2.05, 4.69) is 29.0 Å². The molecule has 1 N–H and O–H groups in total. The number of rotatable bonds is 5. The molecule has 2 heterocycles. The van der Waals surface area contributed by atoms with Crippen molar-refractivity contribution in [2.24, 2.45) is 5.92 Å². The lowest BCUT2D eigenvalue weighted by atomic mass is 9.99. The molecule has 110 valence electrons. The van der Waals surface area contributed by atoms with E-state index >= 15 is 0 Å². The Morgan fingerprint density at radius 2 is 2.15 bits per heavy atom. The molecule has 4 heteroatoms. The second kappa shape index (κ2) is 7.27. The molecule has 1 fully saturated rings. The van der Waals surface area contributed by atoms with Gasteiger partial charge in [-0.25, -0.2) is 0 Å². The number of hydrogen-bond donors (Lipinski definition) is 1. The summed E-state index contributed by atoms with van der Waals surface area (Å²) in [4.78, 5) is 18.6. The Bertz CT molecular complexity index is 439. The van der Waals surface area contributed by atoms with E-state index in [0.29, 0.717) is 5.56 Å². The quantitative estimate of drug-likeness (QED) is 0.840. The van der Waals surface area contributed by atoms with Crippen molar-refractivity contribution >= 4 is 11.6 Å². The molecule has 1 aromatic heterocycles. The van der Waals surface area contributed by atoms with Crippen molar-refractivity contribution in [1.29, 1.82) is 0 Å². The molecular formula is C16H25N3O. The van der Waals surface area contributed by atoms with Gasteiger partial charge in [0.05, 0.1) is 17.4 Å². The third-order valence-corrected chi connectivity index (χ3v) is 3.95. The van der Waals surface area contributed by atoms with Crippen molar-refractivity contribution in [1.82, 2.24) is 10.3 Å². The van der Waals surface area contributed by atoms with Gasteiger partial charge in [-0.05, 0) is 31.2 Å². The highest BCUT2D eigenvalue weighted by molar-refractivity contribution is 5.94. The summed E-state index contributed by atoms with van der Waals surface area (Å²) in [6.07, 6.45) is 8.05. The first-order chi connectivity index (χ1) is 9.70. The number of carbonyl (C=O) groups excluding carboxylic acids is 1. The molecule has 0 unspecified atom stereocenters. The van der Waals surface area contributed by atoms with Gasteiger partial charge in [0.1, 0.15) is 0 Å². The van der Waals surface area contributed by atoms with E-state index in [1.54, 1.807) is 6.20 Å². The van der Waals surface area contributed by atoms with E-state index < -0.39 is 0 Å². The SMILES string of the molecule is CCCCNC(=O)c1cncc(N2CCC(C)CC2)c1. The van der Waals surface area contributed by atoms with Crippen molar-refractivity contribution in [2.75, 3.05) is 24.5 Å². The van der Waals surface area contributed by atoms with Crippen LogP contribution in [0, 0.1) is 5.92 Å². The zero-order chi connectivity index (χ0) is 14.4. The highest BCUT2D eigenvalue weighted by atomic mass is 16.1. The number of nitrogens with one attached hydrogen (secondary N) is 1. The lowest BCUT2D eigenvalue weighted by molar-refractivity contribution is 0.0953. The zero-order valence-electron chi connectivity index (χ0n) is 12.6. The summed E-state index contributed by atoms with van der Waals surface area (Å²) < 4.78 is 0. The maximum Gasteiger partial charge on any atom is 0.252 e. The van der Waals surface area contributed by atoms with Gasteiger partial charge in [0.25, 0.3) is 5.91 Å². The molecule has 2 rings (SSSR count). The maximum atomic E-state index is 12.0. The fraction of sp³-hybridized carbons (Fsp3) is 0.625. The number of anilines is 1. The summed E-state index contributed by atoms with van der Waals surface area (Å²) in [5.74, 6) is 0.790. The van der Waals surface area contributed by atoms with Crippen LogP contribution in [0.4, 0.5) is 5.69 Å². The van der Waals surface area contributed by atoms with Gasteiger partial charge in [-0.15, -0.1) is 0 Å². The standard InChI is InChI=1S/C16H25N3O/c1-3-4-7-18-16(20)14-10-15(12-17-11-14)19-8-5-13(2)6-9-19/h10-13H,3-9H2,1-2H3,(H,18,20). The fourth-order valence-corrected chi connectivity index (χ4v) is 2.47. The molecule has 1 saturated heterocycles. The summed E-state index contributed by atoms with van der Waals surface area (Å²) in [7, 11) is 0. The Kier molecular flexibility index (Phi) is 5.39. The summed E-state index contributed by atoms with van der Waals surface area (Å²) >= 11 is 0. The lowest BCUT2D eigenvalue weighted by Gasteiger charge is -2.32. The number of unbranched alkanes of at least 4 members (excludes halogenated alkanes) is 1. The van der Waals surface area contributed by atoms with Gasteiger partial charge in [0.2, 0.25) is 0 Å². The molecule has 20 heavy (non-hydrogen) atoms. The molecule has 1 amide bonds. The normalized spacial score (nSPS) is 16.2. The predicted octanol–water partition coefficient (Wildman–Crippen LogP) is 2.85. The Morgan fingerprint density at radius 3 is 2.85 bits per heavy atom. The van der Waals surface area contributed by atoms with Gasteiger partial charge < -0.3 is 10.2 Å². The van der Waals surface area contributed by atoms with Crippen LogP contribution in [0.15, 0.2) is 18.5 Å². The summed E-state index contributed by atoms with van der Waals surface area (Å²) in [6.45, 7) is 7.27.